The molecule has 0 saturated carbocycles. The highest BCUT2D eigenvalue weighted by molar-refractivity contribution is 9.10. The van der Waals surface area contributed by atoms with Gasteiger partial charge < -0.3 is 14.8 Å². The third-order valence-corrected chi connectivity index (χ3v) is 5.26. The molecule has 0 radical (unpaired) electrons. The topological polar surface area (TPSA) is 88.4 Å². The zero-order chi connectivity index (χ0) is 24.5. The average molecular weight is 519 g/mol. The summed E-state index contributed by atoms with van der Waals surface area (Å²) >= 11 is 3.43. The van der Waals surface area contributed by atoms with E-state index in [1.165, 1.54) is 6.08 Å². The van der Waals surface area contributed by atoms with Crippen LogP contribution in [-0.4, -0.2) is 18.5 Å². The lowest BCUT2D eigenvalue weighted by Gasteiger charge is -2.11. The van der Waals surface area contributed by atoms with Crippen LogP contribution in [0.3, 0.4) is 0 Å². The largest absolute Gasteiger partial charge is 0.488 e. The number of hydrogen-bond donors (Lipinski definition) is 1. The smallest absolute Gasteiger partial charge is 0.338 e. The van der Waals surface area contributed by atoms with Crippen LogP contribution in [0.5, 0.6) is 5.75 Å². The number of carbonyl (C=O) groups excluding carboxylic acids is 2. The Hall–Kier alpha value is -3.89. The Bertz CT molecular complexity index is 1260. The molecule has 0 atom stereocenters. The Kier molecular flexibility index (Phi) is 8.60. The van der Waals surface area contributed by atoms with Gasteiger partial charge in [0.05, 0.1) is 12.2 Å². The van der Waals surface area contributed by atoms with Crippen molar-refractivity contribution in [3.05, 3.63) is 99.0 Å². The summed E-state index contributed by atoms with van der Waals surface area (Å²) in [6.07, 6.45) is 1.48. The molecular formula is C27H23BrN2O4. The number of benzene rings is 3. The van der Waals surface area contributed by atoms with Crippen molar-refractivity contribution in [3.63, 3.8) is 0 Å². The molecule has 0 unspecified atom stereocenters. The SMILES string of the molecule is CCOC(=O)c1ccc(NC(=O)/C(C#N)=C/c2cc(Br)ccc2OCc2cccc(C)c2)cc1. The highest BCUT2D eigenvalue weighted by Gasteiger charge is 2.13. The molecular weight excluding hydrogens is 496 g/mol. The van der Waals surface area contributed by atoms with Crippen LogP contribution in [0.1, 0.15) is 34.0 Å². The van der Waals surface area contributed by atoms with E-state index in [1.807, 2.05) is 43.3 Å². The van der Waals surface area contributed by atoms with Crippen molar-refractivity contribution in [3.8, 4) is 11.8 Å². The van der Waals surface area contributed by atoms with E-state index in [9.17, 15) is 14.9 Å². The predicted molar refractivity (Wildman–Crippen MR) is 134 cm³/mol. The van der Waals surface area contributed by atoms with Gasteiger partial charge in [0.1, 0.15) is 24.0 Å². The molecule has 0 aromatic heterocycles. The minimum atomic E-state index is -0.573. The Morgan fingerprint density at radius 1 is 1.09 bits per heavy atom. The summed E-state index contributed by atoms with van der Waals surface area (Å²) in [5.74, 6) is -0.467. The molecule has 0 saturated heterocycles. The first-order valence-corrected chi connectivity index (χ1v) is 11.4. The molecule has 0 aliphatic heterocycles. The Morgan fingerprint density at radius 3 is 2.53 bits per heavy atom. The number of halogens is 1. The number of ether oxygens (including phenoxy) is 2. The van der Waals surface area contributed by atoms with E-state index in [4.69, 9.17) is 9.47 Å². The second kappa shape index (κ2) is 11.8. The van der Waals surface area contributed by atoms with Crippen LogP contribution in [0, 0.1) is 18.3 Å². The zero-order valence-corrected chi connectivity index (χ0v) is 20.4. The second-order valence-electron chi connectivity index (χ2n) is 7.38. The Balaban J connectivity index is 1.77. The predicted octanol–water partition coefficient (Wildman–Crippen LogP) is 6.06. The van der Waals surface area contributed by atoms with Gasteiger partial charge in [0.2, 0.25) is 0 Å². The molecule has 172 valence electrons. The monoisotopic (exact) mass is 518 g/mol. The third kappa shape index (κ3) is 6.80. The molecule has 1 N–H and O–H groups in total. The maximum absolute atomic E-state index is 12.7. The van der Waals surface area contributed by atoms with Gasteiger partial charge in [-0.15, -0.1) is 0 Å². The molecule has 0 aliphatic rings. The summed E-state index contributed by atoms with van der Waals surface area (Å²) in [5, 5.41) is 12.3. The van der Waals surface area contributed by atoms with Gasteiger partial charge in [0, 0.05) is 15.7 Å². The first kappa shape index (κ1) is 24.7. The zero-order valence-electron chi connectivity index (χ0n) is 18.8. The molecule has 1 amide bonds. The quantitative estimate of drug-likeness (QED) is 0.222. The molecule has 0 bridgehead atoms. The first-order chi connectivity index (χ1) is 16.4. The number of rotatable bonds is 8. The number of anilines is 1. The van der Waals surface area contributed by atoms with Crippen LogP contribution in [-0.2, 0) is 16.1 Å². The van der Waals surface area contributed by atoms with E-state index >= 15 is 0 Å². The number of carbonyl (C=O) groups is 2. The molecule has 3 rings (SSSR count). The van der Waals surface area contributed by atoms with Crippen LogP contribution in [0.2, 0.25) is 0 Å². The maximum Gasteiger partial charge on any atom is 0.338 e. The van der Waals surface area contributed by atoms with E-state index in [-0.39, 0.29) is 12.2 Å². The summed E-state index contributed by atoms with van der Waals surface area (Å²) < 4.78 is 11.7. The highest BCUT2D eigenvalue weighted by atomic mass is 79.9. The van der Waals surface area contributed by atoms with Crippen molar-refractivity contribution < 1.29 is 19.1 Å². The molecule has 0 heterocycles. The normalized spacial score (nSPS) is 10.8. The number of nitriles is 1. The van der Waals surface area contributed by atoms with Gasteiger partial charge in [0.25, 0.3) is 5.91 Å². The highest BCUT2D eigenvalue weighted by Crippen LogP contribution is 2.27. The van der Waals surface area contributed by atoms with Crippen LogP contribution in [0.4, 0.5) is 5.69 Å². The summed E-state index contributed by atoms with van der Waals surface area (Å²) in [6, 6.07) is 21.6. The fourth-order valence-corrected chi connectivity index (χ4v) is 3.51. The van der Waals surface area contributed by atoms with Gasteiger partial charge in [-0.3, -0.25) is 4.79 Å². The lowest BCUT2D eigenvalue weighted by Crippen LogP contribution is -2.14. The van der Waals surface area contributed by atoms with Gasteiger partial charge in [-0.1, -0.05) is 45.8 Å². The minimum Gasteiger partial charge on any atom is -0.488 e. The van der Waals surface area contributed by atoms with E-state index in [0.717, 1.165) is 15.6 Å². The molecule has 3 aromatic rings. The molecule has 34 heavy (non-hydrogen) atoms. The number of esters is 1. The maximum atomic E-state index is 12.7. The fraction of sp³-hybridized carbons (Fsp3) is 0.148. The van der Waals surface area contributed by atoms with Crippen LogP contribution in [0.25, 0.3) is 6.08 Å². The number of nitrogens with one attached hydrogen (secondary N) is 1. The van der Waals surface area contributed by atoms with Crippen molar-refractivity contribution in [2.45, 2.75) is 20.5 Å². The van der Waals surface area contributed by atoms with Crippen LogP contribution < -0.4 is 10.1 Å². The van der Waals surface area contributed by atoms with E-state index in [0.29, 0.717) is 29.2 Å². The Morgan fingerprint density at radius 2 is 1.85 bits per heavy atom. The van der Waals surface area contributed by atoms with Crippen molar-refractivity contribution in [2.75, 3.05) is 11.9 Å². The van der Waals surface area contributed by atoms with Crippen LogP contribution in [0.15, 0.2) is 76.8 Å². The number of nitrogens with zero attached hydrogens (tertiary/aromatic N) is 1. The van der Waals surface area contributed by atoms with Crippen molar-refractivity contribution in [2.24, 2.45) is 0 Å². The van der Waals surface area contributed by atoms with Gasteiger partial charge >= 0.3 is 5.97 Å². The summed E-state index contributed by atoms with van der Waals surface area (Å²) in [4.78, 5) is 24.5. The van der Waals surface area contributed by atoms with Gasteiger partial charge in [-0.2, -0.15) is 5.26 Å². The van der Waals surface area contributed by atoms with E-state index < -0.39 is 11.9 Å². The van der Waals surface area contributed by atoms with E-state index in [2.05, 4.69) is 21.2 Å². The van der Waals surface area contributed by atoms with Crippen molar-refractivity contribution in [1.82, 2.24) is 0 Å². The molecule has 6 nitrogen and oxygen atoms in total. The molecule has 0 spiro atoms. The van der Waals surface area contributed by atoms with E-state index in [1.54, 1.807) is 43.3 Å². The summed E-state index contributed by atoms with van der Waals surface area (Å²) in [5.41, 5.74) is 3.47. The minimum absolute atomic E-state index is 0.0898. The average Bonchev–Trinajstić information content (AvgIpc) is 2.82. The fourth-order valence-electron chi connectivity index (χ4n) is 3.13. The van der Waals surface area contributed by atoms with Gasteiger partial charge in [0.15, 0.2) is 0 Å². The van der Waals surface area contributed by atoms with Crippen molar-refractivity contribution >= 4 is 39.6 Å². The van der Waals surface area contributed by atoms with Gasteiger partial charge in [-0.05, 0) is 68.0 Å². The van der Waals surface area contributed by atoms with Crippen molar-refractivity contribution in [1.29, 1.82) is 5.26 Å². The first-order valence-electron chi connectivity index (χ1n) is 10.6. The molecule has 7 heteroatoms. The molecule has 3 aromatic carbocycles. The lowest BCUT2D eigenvalue weighted by molar-refractivity contribution is -0.112. The van der Waals surface area contributed by atoms with Crippen LogP contribution >= 0.6 is 15.9 Å². The molecule has 0 fully saturated rings. The third-order valence-electron chi connectivity index (χ3n) is 4.77. The lowest BCUT2D eigenvalue weighted by atomic mass is 10.1. The summed E-state index contributed by atoms with van der Waals surface area (Å²) in [7, 11) is 0. The number of aryl methyl sites for hydroxylation is 1. The number of hydrogen-bond acceptors (Lipinski definition) is 5. The summed E-state index contributed by atoms with van der Waals surface area (Å²) in [6.45, 7) is 4.37. The number of amides is 1. The molecule has 0 aliphatic carbocycles. The Labute approximate surface area is 207 Å². The standard InChI is InChI=1S/C27H23BrN2O4/c1-3-33-27(32)20-7-10-24(11-8-20)30-26(31)22(16-29)14-21-15-23(28)9-12-25(21)34-17-19-6-4-5-18(2)13-19/h4-15H,3,17H2,1-2H3,(H,30,31)/b22-14+. The second-order valence-corrected chi connectivity index (χ2v) is 8.30. The van der Waals surface area contributed by atoms with Gasteiger partial charge in [-0.25, -0.2) is 4.79 Å².